The van der Waals surface area contributed by atoms with E-state index >= 15 is 0 Å². The fourth-order valence-electron chi connectivity index (χ4n) is 3.23. The van der Waals surface area contributed by atoms with Crippen LogP contribution in [0.15, 0.2) is 28.8 Å². The number of anilines is 2. The number of hydrogen-bond acceptors (Lipinski definition) is 6. The highest BCUT2D eigenvalue weighted by Gasteiger charge is 2.14. The number of ether oxygens (including phenoxy) is 1. The number of nitrogens with one attached hydrogen (secondary N) is 1. The highest BCUT2D eigenvalue weighted by molar-refractivity contribution is 5.92. The Morgan fingerprint density at radius 3 is 2.52 bits per heavy atom. The van der Waals surface area contributed by atoms with E-state index in [1.54, 1.807) is 0 Å². The molecule has 1 aliphatic heterocycles. The van der Waals surface area contributed by atoms with Gasteiger partial charge in [-0.1, -0.05) is 5.16 Å². The third kappa shape index (κ3) is 5.09. The maximum Gasteiger partial charge on any atom is 0.306 e. The molecule has 2 heterocycles. The van der Waals surface area contributed by atoms with Crippen LogP contribution in [-0.2, 0) is 20.7 Å². The summed E-state index contributed by atoms with van der Waals surface area (Å²) >= 11 is 0. The Hall–Kier alpha value is -2.83. The quantitative estimate of drug-likeness (QED) is 0.753. The van der Waals surface area contributed by atoms with E-state index in [0.717, 1.165) is 30.0 Å². The standard InChI is InChI=1S/C20H25N3O4/c1-14-18(15(2)27-22-14)9-10-20(25)26-13-19(24)21-16-5-7-17(8-6-16)23-11-3-4-12-23/h5-8H,3-4,9-13H2,1-2H3,(H,21,24). The number of aromatic nitrogens is 1. The third-order valence-electron chi connectivity index (χ3n) is 4.75. The van der Waals surface area contributed by atoms with Crippen LogP contribution < -0.4 is 10.2 Å². The summed E-state index contributed by atoms with van der Waals surface area (Å²) in [6.07, 6.45) is 3.11. The van der Waals surface area contributed by atoms with Crippen molar-refractivity contribution >= 4 is 23.3 Å². The maximum absolute atomic E-state index is 12.0. The molecular weight excluding hydrogens is 346 g/mol. The van der Waals surface area contributed by atoms with Crippen molar-refractivity contribution in [2.45, 2.75) is 39.5 Å². The number of carbonyl (C=O) groups is 2. The molecule has 0 atom stereocenters. The molecule has 1 saturated heterocycles. The van der Waals surface area contributed by atoms with Crippen molar-refractivity contribution in [3.8, 4) is 0 Å². The lowest BCUT2D eigenvalue weighted by molar-refractivity contribution is -0.147. The van der Waals surface area contributed by atoms with Crippen LogP contribution in [-0.4, -0.2) is 36.7 Å². The van der Waals surface area contributed by atoms with Crippen molar-refractivity contribution in [3.63, 3.8) is 0 Å². The third-order valence-corrected chi connectivity index (χ3v) is 4.75. The summed E-state index contributed by atoms with van der Waals surface area (Å²) in [5.74, 6) is -0.0698. The van der Waals surface area contributed by atoms with Crippen molar-refractivity contribution < 1.29 is 18.8 Å². The SMILES string of the molecule is Cc1noc(C)c1CCC(=O)OCC(=O)Nc1ccc(N2CCCC2)cc1. The molecule has 1 amide bonds. The first kappa shape index (κ1) is 18.9. The molecule has 7 nitrogen and oxygen atoms in total. The second kappa shape index (κ2) is 8.70. The molecule has 0 saturated carbocycles. The second-order valence-electron chi connectivity index (χ2n) is 6.75. The lowest BCUT2D eigenvalue weighted by Crippen LogP contribution is -2.21. The van der Waals surface area contributed by atoms with Crippen LogP contribution in [0, 0.1) is 13.8 Å². The van der Waals surface area contributed by atoms with Crippen molar-refractivity contribution in [3.05, 3.63) is 41.3 Å². The fourth-order valence-corrected chi connectivity index (χ4v) is 3.23. The Bertz CT molecular complexity index is 773. The van der Waals surface area contributed by atoms with Gasteiger partial charge in [0.2, 0.25) is 0 Å². The van der Waals surface area contributed by atoms with E-state index in [4.69, 9.17) is 9.26 Å². The lowest BCUT2D eigenvalue weighted by Gasteiger charge is -2.17. The number of hydrogen-bond donors (Lipinski definition) is 1. The molecule has 1 N–H and O–H groups in total. The number of aryl methyl sites for hydroxylation is 2. The van der Waals surface area contributed by atoms with Gasteiger partial charge in [-0.05, 0) is 57.4 Å². The van der Waals surface area contributed by atoms with Crippen molar-refractivity contribution in [1.29, 1.82) is 0 Å². The number of nitrogens with zero attached hydrogens (tertiary/aromatic N) is 2. The minimum Gasteiger partial charge on any atom is -0.456 e. The van der Waals surface area contributed by atoms with Gasteiger partial charge in [0.05, 0.1) is 5.69 Å². The zero-order chi connectivity index (χ0) is 19.2. The van der Waals surface area contributed by atoms with Gasteiger partial charge in [0.1, 0.15) is 5.76 Å². The molecule has 0 unspecified atom stereocenters. The molecule has 0 spiro atoms. The lowest BCUT2D eigenvalue weighted by atomic mass is 10.1. The average Bonchev–Trinajstić information content (AvgIpc) is 3.30. The van der Waals surface area contributed by atoms with Gasteiger partial charge in [0.15, 0.2) is 6.61 Å². The van der Waals surface area contributed by atoms with E-state index in [2.05, 4.69) is 15.4 Å². The first-order chi connectivity index (χ1) is 13.0. The van der Waals surface area contributed by atoms with Gasteiger partial charge < -0.3 is 19.5 Å². The number of amides is 1. The molecule has 1 aromatic carbocycles. The molecule has 0 aliphatic carbocycles. The summed E-state index contributed by atoms with van der Waals surface area (Å²) in [5, 5.41) is 6.60. The molecule has 3 rings (SSSR count). The number of esters is 1. The Morgan fingerprint density at radius 1 is 1.19 bits per heavy atom. The van der Waals surface area contributed by atoms with Crippen LogP contribution in [0.1, 0.15) is 36.3 Å². The Kier molecular flexibility index (Phi) is 6.11. The van der Waals surface area contributed by atoms with Crippen LogP contribution in [0.2, 0.25) is 0 Å². The van der Waals surface area contributed by atoms with Crippen LogP contribution in [0.25, 0.3) is 0 Å². The Balaban J connectivity index is 1.40. The summed E-state index contributed by atoms with van der Waals surface area (Å²) in [6.45, 7) is 5.50. The fraction of sp³-hybridized carbons (Fsp3) is 0.450. The zero-order valence-corrected chi connectivity index (χ0v) is 15.8. The van der Waals surface area contributed by atoms with E-state index in [0.29, 0.717) is 17.9 Å². The molecule has 7 heteroatoms. The summed E-state index contributed by atoms with van der Waals surface area (Å²) in [4.78, 5) is 26.2. The maximum atomic E-state index is 12.0. The Labute approximate surface area is 158 Å². The second-order valence-corrected chi connectivity index (χ2v) is 6.75. The smallest absolute Gasteiger partial charge is 0.306 e. The van der Waals surface area contributed by atoms with Gasteiger partial charge in [-0.3, -0.25) is 9.59 Å². The molecule has 1 fully saturated rings. The first-order valence-corrected chi connectivity index (χ1v) is 9.25. The van der Waals surface area contributed by atoms with Gasteiger partial charge in [-0.15, -0.1) is 0 Å². The van der Waals surface area contributed by atoms with Crippen molar-refractivity contribution in [1.82, 2.24) is 5.16 Å². The van der Waals surface area contributed by atoms with E-state index in [1.165, 1.54) is 12.8 Å². The molecule has 1 aromatic heterocycles. The summed E-state index contributed by atoms with van der Waals surface area (Å²) in [6, 6.07) is 7.72. The molecule has 0 radical (unpaired) electrons. The molecule has 0 bridgehead atoms. The van der Waals surface area contributed by atoms with Crippen LogP contribution in [0.5, 0.6) is 0 Å². The topological polar surface area (TPSA) is 84.7 Å². The minimum absolute atomic E-state index is 0.181. The Morgan fingerprint density at radius 2 is 1.89 bits per heavy atom. The molecule has 1 aliphatic rings. The van der Waals surface area contributed by atoms with Crippen LogP contribution in [0.3, 0.4) is 0 Å². The molecule has 2 aromatic rings. The summed E-state index contributed by atoms with van der Waals surface area (Å²) < 4.78 is 10.1. The average molecular weight is 371 g/mol. The van der Waals surface area contributed by atoms with E-state index in [9.17, 15) is 9.59 Å². The zero-order valence-electron chi connectivity index (χ0n) is 15.8. The van der Waals surface area contributed by atoms with E-state index in [-0.39, 0.29) is 18.9 Å². The van der Waals surface area contributed by atoms with Gasteiger partial charge in [-0.25, -0.2) is 0 Å². The van der Waals surface area contributed by atoms with E-state index < -0.39 is 5.97 Å². The normalized spacial score (nSPS) is 13.6. The highest BCUT2D eigenvalue weighted by atomic mass is 16.5. The highest BCUT2D eigenvalue weighted by Crippen LogP contribution is 2.22. The number of carbonyl (C=O) groups excluding carboxylic acids is 2. The first-order valence-electron chi connectivity index (χ1n) is 9.25. The minimum atomic E-state index is -0.422. The molecule has 27 heavy (non-hydrogen) atoms. The van der Waals surface area contributed by atoms with Gasteiger partial charge in [-0.2, -0.15) is 0 Å². The van der Waals surface area contributed by atoms with Gasteiger partial charge in [0.25, 0.3) is 5.91 Å². The van der Waals surface area contributed by atoms with Crippen molar-refractivity contribution in [2.75, 3.05) is 29.9 Å². The molecule has 144 valence electrons. The number of rotatable bonds is 7. The van der Waals surface area contributed by atoms with Crippen LogP contribution >= 0.6 is 0 Å². The predicted molar refractivity (Wildman–Crippen MR) is 102 cm³/mol. The van der Waals surface area contributed by atoms with Gasteiger partial charge in [0, 0.05) is 36.4 Å². The molecular formula is C20H25N3O4. The van der Waals surface area contributed by atoms with E-state index in [1.807, 2.05) is 38.1 Å². The summed E-state index contributed by atoms with van der Waals surface area (Å²) in [5.41, 5.74) is 3.54. The van der Waals surface area contributed by atoms with Crippen molar-refractivity contribution in [2.24, 2.45) is 0 Å². The summed E-state index contributed by atoms with van der Waals surface area (Å²) in [7, 11) is 0. The number of benzene rings is 1. The predicted octanol–water partition coefficient (Wildman–Crippen LogP) is 3.01. The largest absolute Gasteiger partial charge is 0.456 e. The van der Waals surface area contributed by atoms with Gasteiger partial charge >= 0.3 is 5.97 Å². The monoisotopic (exact) mass is 371 g/mol. The van der Waals surface area contributed by atoms with Crippen LogP contribution in [0.4, 0.5) is 11.4 Å².